The van der Waals surface area contributed by atoms with E-state index < -0.39 is 5.60 Å². The number of nitrogens with two attached hydrogens (primary N) is 1. The van der Waals surface area contributed by atoms with Gasteiger partial charge in [-0.25, -0.2) is 0 Å². The van der Waals surface area contributed by atoms with Gasteiger partial charge in [0.2, 0.25) is 0 Å². The highest BCUT2D eigenvalue weighted by molar-refractivity contribution is 5.78. The molecule has 0 fully saturated rings. The molecule has 0 atom stereocenters. The monoisotopic (exact) mass is 159 g/mol. The molecule has 0 rings (SSSR count). The van der Waals surface area contributed by atoms with Crippen molar-refractivity contribution >= 4 is 5.84 Å². The van der Waals surface area contributed by atoms with E-state index in [0.717, 1.165) is 0 Å². The second-order valence-electron chi connectivity index (χ2n) is 3.51. The maximum absolute atomic E-state index is 9.35. The molecule has 0 radical (unpaired) electrons. The number of rotatable bonds is 4. The van der Waals surface area contributed by atoms with E-state index in [0.29, 0.717) is 13.1 Å². The van der Waals surface area contributed by atoms with Crippen LogP contribution in [0, 0.1) is 5.41 Å². The summed E-state index contributed by atoms with van der Waals surface area (Å²) >= 11 is 0. The summed E-state index contributed by atoms with van der Waals surface area (Å²) in [6.45, 7) is 4.38. The first-order chi connectivity index (χ1) is 4.81. The Labute approximate surface area is 67.5 Å². The van der Waals surface area contributed by atoms with E-state index in [-0.39, 0.29) is 5.84 Å². The Hall–Kier alpha value is -0.610. The highest BCUT2D eigenvalue weighted by atomic mass is 16.3. The third kappa shape index (κ3) is 7.29. The van der Waals surface area contributed by atoms with E-state index in [1.54, 1.807) is 13.8 Å². The van der Waals surface area contributed by atoms with Gasteiger partial charge in [0.25, 0.3) is 0 Å². The van der Waals surface area contributed by atoms with Gasteiger partial charge in [0.05, 0.1) is 12.1 Å². The van der Waals surface area contributed by atoms with Crippen molar-refractivity contribution in [1.29, 1.82) is 5.41 Å². The van der Waals surface area contributed by atoms with Crippen LogP contribution in [0.5, 0.6) is 0 Å². The van der Waals surface area contributed by atoms with E-state index in [4.69, 9.17) is 11.1 Å². The Morgan fingerprint density at radius 2 is 2.09 bits per heavy atom. The third-order valence-corrected chi connectivity index (χ3v) is 1.10. The molecule has 0 aliphatic rings. The highest BCUT2D eigenvalue weighted by Crippen LogP contribution is 2.01. The fraction of sp³-hybridized carbons (Fsp3) is 0.857. The van der Waals surface area contributed by atoms with Crippen molar-refractivity contribution in [3.63, 3.8) is 0 Å². The predicted molar refractivity (Wildman–Crippen MR) is 45.7 cm³/mol. The fourth-order valence-corrected chi connectivity index (χ4v) is 1.01. The minimum absolute atomic E-state index is 0.122. The molecule has 0 saturated heterocycles. The maximum Gasteiger partial charge on any atom is 0.105 e. The lowest BCUT2D eigenvalue weighted by Crippen LogP contribution is -2.40. The summed E-state index contributed by atoms with van der Waals surface area (Å²) in [5.74, 6) is 0.122. The highest BCUT2D eigenvalue weighted by Gasteiger charge is 2.15. The summed E-state index contributed by atoms with van der Waals surface area (Å²) in [5.41, 5.74) is 4.45. The van der Waals surface area contributed by atoms with Crippen molar-refractivity contribution in [2.24, 2.45) is 5.73 Å². The zero-order valence-electron chi connectivity index (χ0n) is 7.39. The molecular formula is C7H17N3O. The molecular weight excluding hydrogens is 142 g/mol. The fourth-order valence-electron chi connectivity index (χ4n) is 1.01. The molecule has 11 heavy (non-hydrogen) atoms. The SMILES string of the molecule is CN(CC(=N)N)CC(C)(C)O. The summed E-state index contributed by atoms with van der Waals surface area (Å²) in [6.07, 6.45) is 0. The van der Waals surface area contributed by atoms with Crippen LogP contribution in [-0.4, -0.2) is 41.6 Å². The van der Waals surface area contributed by atoms with Crippen LogP contribution in [0.2, 0.25) is 0 Å². The van der Waals surface area contributed by atoms with E-state index in [1.807, 2.05) is 11.9 Å². The van der Waals surface area contributed by atoms with Crippen LogP contribution < -0.4 is 5.73 Å². The van der Waals surface area contributed by atoms with Gasteiger partial charge in [-0.2, -0.15) is 0 Å². The molecule has 0 heterocycles. The molecule has 0 aliphatic carbocycles. The van der Waals surface area contributed by atoms with Gasteiger partial charge >= 0.3 is 0 Å². The predicted octanol–water partition coefficient (Wildman–Crippen LogP) is -0.375. The summed E-state index contributed by atoms with van der Waals surface area (Å²) in [6, 6.07) is 0. The molecule has 0 unspecified atom stereocenters. The number of likely N-dealkylation sites (N-methyl/N-ethyl adjacent to an activating group) is 1. The number of nitrogens with zero attached hydrogens (tertiary/aromatic N) is 1. The Morgan fingerprint density at radius 3 is 2.36 bits per heavy atom. The average Bonchev–Trinajstić information content (AvgIpc) is 1.53. The summed E-state index contributed by atoms with van der Waals surface area (Å²) in [7, 11) is 1.82. The summed E-state index contributed by atoms with van der Waals surface area (Å²) in [5, 5.41) is 16.3. The molecule has 4 nitrogen and oxygen atoms in total. The lowest BCUT2D eigenvalue weighted by atomic mass is 10.1. The second-order valence-corrected chi connectivity index (χ2v) is 3.51. The lowest BCUT2D eigenvalue weighted by molar-refractivity contribution is 0.0489. The van der Waals surface area contributed by atoms with Gasteiger partial charge in [-0.3, -0.25) is 10.3 Å². The number of nitrogens with one attached hydrogen (secondary N) is 1. The first kappa shape index (κ1) is 10.4. The molecule has 0 spiro atoms. The van der Waals surface area contributed by atoms with Crippen molar-refractivity contribution < 1.29 is 5.11 Å². The van der Waals surface area contributed by atoms with E-state index in [9.17, 15) is 5.11 Å². The van der Waals surface area contributed by atoms with Crippen LogP contribution in [-0.2, 0) is 0 Å². The molecule has 0 aliphatic heterocycles. The van der Waals surface area contributed by atoms with Gasteiger partial charge in [0, 0.05) is 6.54 Å². The molecule has 66 valence electrons. The maximum atomic E-state index is 9.35. The average molecular weight is 159 g/mol. The van der Waals surface area contributed by atoms with E-state index >= 15 is 0 Å². The van der Waals surface area contributed by atoms with Crippen LogP contribution in [0.15, 0.2) is 0 Å². The summed E-state index contributed by atoms with van der Waals surface area (Å²) in [4.78, 5) is 1.81. The van der Waals surface area contributed by atoms with E-state index in [2.05, 4.69) is 0 Å². The zero-order chi connectivity index (χ0) is 9.07. The molecule has 0 aromatic rings. The molecule has 4 heteroatoms. The Balaban J connectivity index is 3.69. The number of hydrogen-bond acceptors (Lipinski definition) is 3. The lowest BCUT2D eigenvalue weighted by Gasteiger charge is -2.24. The van der Waals surface area contributed by atoms with Crippen molar-refractivity contribution in [3.05, 3.63) is 0 Å². The largest absolute Gasteiger partial charge is 0.389 e. The van der Waals surface area contributed by atoms with Crippen LogP contribution in [0.3, 0.4) is 0 Å². The number of aliphatic hydroxyl groups is 1. The minimum atomic E-state index is -0.718. The number of hydrogen-bond donors (Lipinski definition) is 3. The number of amidine groups is 1. The van der Waals surface area contributed by atoms with Gasteiger partial charge in [-0.05, 0) is 20.9 Å². The van der Waals surface area contributed by atoms with Crippen LogP contribution in [0.25, 0.3) is 0 Å². The van der Waals surface area contributed by atoms with Crippen molar-refractivity contribution in [3.8, 4) is 0 Å². The topological polar surface area (TPSA) is 73.3 Å². The minimum Gasteiger partial charge on any atom is -0.389 e. The van der Waals surface area contributed by atoms with Crippen molar-refractivity contribution in [2.45, 2.75) is 19.4 Å². The quantitative estimate of drug-likeness (QED) is 0.387. The molecule has 0 aromatic heterocycles. The van der Waals surface area contributed by atoms with Crippen LogP contribution in [0.4, 0.5) is 0 Å². The first-order valence-corrected chi connectivity index (χ1v) is 3.55. The normalized spacial score (nSPS) is 12.1. The molecule has 0 aromatic carbocycles. The van der Waals surface area contributed by atoms with Gasteiger partial charge < -0.3 is 10.8 Å². The Bertz CT molecular complexity index is 139. The van der Waals surface area contributed by atoms with Gasteiger partial charge in [0.1, 0.15) is 5.84 Å². The molecule has 4 N–H and O–H groups in total. The van der Waals surface area contributed by atoms with Gasteiger partial charge in [-0.1, -0.05) is 0 Å². The molecule has 0 amide bonds. The molecule has 0 saturated carbocycles. The van der Waals surface area contributed by atoms with Crippen LogP contribution >= 0.6 is 0 Å². The van der Waals surface area contributed by atoms with Crippen molar-refractivity contribution in [1.82, 2.24) is 4.90 Å². The second kappa shape index (κ2) is 3.69. The molecule has 0 bridgehead atoms. The van der Waals surface area contributed by atoms with E-state index in [1.165, 1.54) is 0 Å². The first-order valence-electron chi connectivity index (χ1n) is 3.55. The van der Waals surface area contributed by atoms with Gasteiger partial charge in [0.15, 0.2) is 0 Å². The Morgan fingerprint density at radius 1 is 1.64 bits per heavy atom. The summed E-state index contributed by atoms with van der Waals surface area (Å²) < 4.78 is 0. The third-order valence-electron chi connectivity index (χ3n) is 1.10. The van der Waals surface area contributed by atoms with Crippen molar-refractivity contribution in [2.75, 3.05) is 20.1 Å². The smallest absolute Gasteiger partial charge is 0.105 e. The standard InChI is InChI=1S/C7H17N3O/c1-7(2,11)5-10(3)4-6(8)9/h11H,4-5H2,1-3H3,(H3,8,9). The Kier molecular flexibility index (Phi) is 3.48. The van der Waals surface area contributed by atoms with Gasteiger partial charge in [-0.15, -0.1) is 0 Å². The zero-order valence-corrected chi connectivity index (χ0v) is 7.39. The van der Waals surface area contributed by atoms with Crippen LogP contribution in [0.1, 0.15) is 13.8 Å².